The van der Waals surface area contributed by atoms with Crippen molar-refractivity contribution in [3.8, 4) is 0 Å². The minimum absolute atomic E-state index is 0.122. The van der Waals surface area contributed by atoms with E-state index >= 15 is 0 Å². The summed E-state index contributed by atoms with van der Waals surface area (Å²) >= 11 is 1.31. The first-order valence-corrected chi connectivity index (χ1v) is 7.06. The van der Waals surface area contributed by atoms with Gasteiger partial charge in [-0.15, -0.1) is 0 Å². The van der Waals surface area contributed by atoms with Gasteiger partial charge in [0.25, 0.3) is 0 Å². The Bertz CT molecular complexity index is 473. The molecule has 0 N–H and O–H groups in total. The van der Waals surface area contributed by atoms with Crippen molar-refractivity contribution in [3.63, 3.8) is 0 Å². The van der Waals surface area contributed by atoms with Crippen molar-refractivity contribution in [1.29, 1.82) is 0 Å². The Morgan fingerprint density at radius 2 is 2.17 bits per heavy atom. The van der Waals surface area contributed by atoms with E-state index in [1.807, 2.05) is 36.1 Å². The van der Waals surface area contributed by atoms with Crippen LogP contribution in [0.25, 0.3) is 0 Å². The highest BCUT2D eigenvalue weighted by molar-refractivity contribution is 8.13. The summed E-state index contributed by atoms with van der Waals surface area (Å²) in [5, 5.41) is 0.122. The number of hydrogen-bond donors (Lipinski definition) is 0. The Hall–Kier alpha value is -1.29. The monoisotopic (exact) mass is 263 g/mol. The Morgan fingerprint density at radius 3 is 2.83 bits per heavy atom. The van der Waals surface area contributed by atoms with Crippen LogP contribution in [0.3, 0.4) is 0 Å². The summed E-state index contributed by atoms with van der Waals surface area (Å²) in [6, 6.07) is 7.92. The molecule has 18 heavy (non-hydrogen) atoms. The zero-order valence-electron chi connectivity index (χ0n) is 10.7. The van der Waals surface area contributed by atoms with E-state index in [0.29, 0.717) is 6.42 Å². The molecule has 1 atom stereocenters. The molecule has 1 heterocycles. The van der Waals surface area contributed by atoms with Crippen molar-refractivity contribution in [2.24, 2.45) is 5.92 Å². The number of anilines is 1. The number of para-hydroxylation sites is 1. The maximum absolute atomic E-state index is 12.0. The summed E-state index contributed by atoms with van der Waals surface area (Å²) in [5.41, 5.74) is 2.11. The Morgan fingerprint density at radius 1 is 1.44 bits per heavy atom. The van der Waals surface area contributed by atoms with Gasteiger partial charge in [0.2, 0.25) is 5.91 Å². The zero-order valence-corrected chi connectivity index (χ0v) is 11.5. The van der Waals surface area contributed by atoms with Crippen LogP contribution in [-0.2, 0) is 9.59 Å². The molecule has 1 amide bonds. The third-order valence-electron chi connectivity index (χ3n) is 3.13. The second-order valence-electron chi connectivity index (χ2n) is 4.66. The van der Waals surface area contributed by atoms with Crippen molar-refractivity contribution in [3.05, 3.63) is 29.8 Å². The first kappa shape index (κ1) is 13.1. The van der Waals surface area contributed by atoms with Crippen molar-refractivity contribution < 1.29 is 9.59 Å². The third kappa shape index (κ3) is 2.93. The number of benzene rings is 1. The standard InChI is InChI=1S/C14H17NO2S/c1-10-5-3-4-6-13(10)15-8-12(7-14(15)17)9-18-11(2)16/h3-6,12H,7-9H2,1-2H3. The van der Waals surface area contributed by atoms with E-state index in [4.69, 9.17) is 0 Å². The smallest absolute Gasteiger partial charge is 0.227 e. The predicted molar refractivity (Wildman–Crippen MR) is 74.8 cm³/mol. The number of amides is 1. The molecule has 1 aromatic carbocycles. The van der Waals surface area contributed by atoms with Crippen molar-refractivity contribution >= 4 is 28.5 Å². The van der Waals surface area contributed by atoms with E-state index in [9.17, 15) is 9.59 Å². The minimum Gasteiger partial charge on any atom is -0.312 e. The normalized spacial score (nSPS) is 19.3. The molecule has 1 aliphatic rings. The second kappa shape index (κ2) is 5.57. The van der Waals surface area contributed by atoms with Crippen molar-refractivity contribution in [2.75, 3.05) is 17.2 Å². The highest BCUT2D eigenvalue weighted by atomic mass is 32.2. The molecule has 2 rings (SSSR count). The summed E-state index contributed by atoms with van der Waals surface area (Å²) in [7, 11) is 0. The van der Waals surface area contributed by atoms with Crippen LogP contribution in [0.1, 0.15) is 18.9 Å². The van der Waals surface area contributed by atoms with Crippen LogP contribution in [-0.4, -0.2) is 23.3 Å². The molecule has 0 bridgehead atoms. The molecular weight excluding hydrogens is 246 g/mol. The minimum atomic E-state index is 0.122. The van der Waals surface area contributed by atoms with Gasteiger partial charge in [-0.25, -0.2) is 0 Å². The highest BCUT2D eigenvalue weighted by Crippen LogP contribution is 2.29. The molecule has 1 aromatic rings. The quantitative estimate of drug-likeness (QED) is 0.841. The number of hydrogen-bond acceptors (Lipinski definition) is 3. The fourth-order valence-corrected chi connectivity index (χ4v) is 2.92. The van der Waals surface area contributed by atoms with E-state index in [2.05, 4.69) is 0 Å². The van der Waals surface area contributed by atoms with Gasteiger partial charge in [0.1, 0.15) is 0 Å². The molecule has 1 unspecified atom stereocenters. The molecule has 1 aliphatic heterocycles. The van der Waals surface area contributed by atoms with Gasteiger partial charge in [0.15, 0.2) is 5.12 Å². The van der Waals surface area contributed by atoms with Gasteiger partial charge >= 0.3 is 0 Å². The molecule has 4 heteroatoms. The van der Waals surface area contributed by atoms with E-state index in [-0.39, 0.29) is 16.9 Å². The fourth-order valence-electron chi connectivity index (χ4n) is 2.23. The Labute approximate surface area is 112 Å². The highest BCUT2D eigenvalue weighted by Gasteiger charge is 2.31. The molecule has 96 valence electrons. The number of carbonyl (C=O) groups excluding carboxylic acids is 2. The van der Waals surface area contributed by atoms with Gasteiger partial charge < -0.3 is 4.90 Å². The van der Waals surface area contributed by atoms with Crippen LogP contribution < -0.4 is 4.90 Å². The van der Waals surface area contributed by atoms with Crippen LogP contribution >= 0.6 is 11.8 Å². The largest absolute Gasteiger partial charge is 0.312 e. The second-order valence-corrected chi connectivity index (χ2v) is 5.86. The van der Waals surface area contributed by atoms with Gasteiger partial charge in [0, 0.05) is 31.3 Å². The third-order valence-corrected chi connectivity index (χ3v) is 4.18. The number of thioether (sulfide) groups is 1. The molecule has 0 aromatic heterocycles. The van der Waals surface area contributed by atoms with E-state index < -0.39 is 0 Å². The topological polar surface area (TPSA) is 37.4 Å². The summed E-state index contributed by atoms with van der Waals surface area (Å²) < 4.78 is 0. The van der Waals surface area contributed by atoms with E-state index in [1.54, 1.807) is 6.92 Å². The van der Waals surface area contributed by atoms with E-state index in [0.717, 1.165) is 23.5 Å². The van der Waals surface area contributed by atoms with Gasteiger partial charge in [-0.1, -0.05) is 30.0 Å². The molecule has 0 spiro atoms. The zero-order chi connectivity index (χ0) is 13.1. The molecule has 0 aliphatic carbocycles. The average molecular weight is 263 g/mol. The molecule has 1 saturated heterocycles. The van der Waals surface area contributed by atoms with Crippen LogP contribution in [0, 0.1) is 12.8 Å². The summed E-state index contributed by atoms with van der Waals surface area (Å²) in [6.07, 6.45) is 0.550. The molecule has 0 saturated carbocycles. The maximum Gasteiger partial charge on any atom is 0.227 e. The SMILES string of the molecule is CC(=O)SCC1CC(=O)N(c2ccccc2C)C1. The lowest BCUT2D eigenvalue weighted by atomic mass is 10.1. The van der Waals surface area contributed by atoms with Crippen LogP contribution in [0.2, 0.25) is 0 Å². The van der Waals surface area contributed by atoms with Crippen LogP contribution in [0.4, 0.5) is 5.69 Å². The van der Waals surface area contributed by atoms with Crippen molar-refractivity contribution in [1.82, 2.24) is 0 Å². The Balaban J connectivity index is 2.06. The average Bonchev–Trinajstić information content (AvgIpc) is 2.69. The van der Waals surface area contributed by atoms with Crippen LogP contribution in [0.15, 0.2) is 24.3 Å². The summed E-state index contributed by atoms with van der Waals surface area (Å²) in [6.45, 7) is 4.31. The predicted octanol–water partition coefficient (Wildman–Crippen LogP) is 2.63. The lowest BCUT2D eigenvalue weighted by Crippen LogP contribution is -2.25. The lowest BCUT2D eigenvalue weighted by Gasteiger charge is -2.18. The summed E-state index contributed by atoms with van der Waals surface area (Å²) in [4.78, 5) is 24.8. The molecule has 1 fully saturated rings. The number of carbonyl (C=O) groups is 2. The first-order valence-electron chi connectivity index (χ1n) is 6.07. The first-order chi connectivity index (χ1) is 8.58. The lowest BCUT2D eigenvalue weighted by molar-refractivity contribution is -0.117. The van der Waals surface area contributed by atoms with Gasteiger partial charge in [-0.2, -0.15) is 0 Å². The van der Waals surface area contributed by atoms with E-state index in [1.165, 1.54) is 11.8 Å². The Kier molecular flexibility index (Phi) is 4.07. The van der Waals surface area contributed by atoms with Gasteiger partial charge in [0.05, 0.1) is 0 Å². The van der Waals surface area contributed by atoms with Gasteiger partial charge in [-0.05, 0) is 24.5 Å². The summed E-state index contributed by atoms with van der Waals surface area (Å²) in [5.74, 6) is 1.19. The molecular formula is C14H17NO2S. The number of nitrogens with zero attached hydrogens (tertiary/aromatic N) is 1. The number of aryl methyl sites for hydroxylation is 1. The number of rotatable bonds is 3. The van der Waals surface area contributed by atoms with Gasteiger partial charge in [-0.3, -0.25) is 9.59 Å². The maximum atomic E-state index is 12.0. The van der Waals surface area contributed by atoms with Crippen molar-refractivity contribution in [2.45, 2.75) is 20.3 Å². The fraction of sp³-hybridized carbons (Fsp3) is 0.429. The van der Waals surface area contributed by atoms with Crippen LogP contribution in [0.5, 0.6) is 0 Å². The molecule has 0 radical (unpaired) electrons. The molecule has 3 nitrogen and oxygen atoms in total.